The van der Waals surface area contributed by atoms with Crippen LogP contribution in [0, 0.1) is 23.0 Å². The second-order valence-corrected chi connectivity index (χ2v) is 9.38. The Bertz CT molecular complexity index is 1630. The van der Waals surface area contributed by atoms with Crippen LogP contribution in [-0.4, -0.2) is 19.7 Å². The number of aromatic nitrogens is 1. The molecule has 33 heavy (non-hydrogen) atoms. The summed E-state index contributed by atoms with van der Waals surface area (Å²) in [7, 11) is -3.72. The lowest BCUT2D eigenvalue weighted by Crippen LogP contribution is -2.09. The number of sulfone groups is 1. The quantitative estimate of drug-likeness (QED) is 0.436. The van der Waals surface area contributed by atoms with Gasteiger partial charge >= 0.3 is 0 Å². The van der Waals surface area contributed by atoms with Crippen LogP contribution in [0.25, 0.3) is 34.3 Å². The van der Waals surface area contributed by atoms with E-state index in [-0.39, 0.29) is 38.2 Å². The van der Waals surface area contributed by atoms with Crippen molar-refractivity contribution < 1.29 is 17.2 Å². The lowest BCUT2D eigenvalue weighted by molar-refractivity contribution is 0.586. The fourth-order valence-corrected chi connectivity index (χ4v) is 4.42. The van der Waals surface area contributed by atoms with Crippen LogP contribution in [-0.2, 0) is 9.84 Å². The molecular weight excluding hydrogens is 446 g/mol. The summed E-state index contributed by atoms with van der Waals surface area (Å²) in [5.74, 6) is -1.92. The number of halogens is 2. The Kier molecular flexibility index (Phi) is 5.66. The molecule has 0 aliphatic carbocycles. The molecule has 1 aromatic heterocycles. The SMILES string of the molecule is CS(=O)(=O)c1ccc(C#N)cc1-c1cc(=O)c2c(F)c(/C=C/c3ccccc3)c(F)cc2[nH]1. The monoisotopic (exact) mass is 462 g/mol. The molecule has 0 aliphatic heterocycles. The summed E-state index contributed by atoms with van der Waals surface area (Å²) in [6, 6.07) is 16.7. The van der Waals surface area contributed by atoms with Gasteiger partial charge in [-0.15, -0.1) is 0 Å². The van der Waals surface area contributed by atoms with Crippen molar-refractivity contribution in [1.82, 2.24) is 4.98 Å². The maximum atomic E-state index is 15.2. The van der Waals surface area contributed by atoms with E-state index in [4.69, 9.17) is 0 Å². The summed E-state index contributed by atoms with van der Waals surface area (Å²) >= 11 is 0. The molecule has 164 valence electrons. The summed E-state index contributed by atoms with van der Waals surface area (Å²) in [6.07, 6.45) is 3.77. The average molecular weight is 462 g/mol. The lowest BCUT2D eigenvalue weighted by atomic mass is 10.0. The summed E-state index contributed by atoms with van der Waals surface area (Å²) in [5, 5.41) is 8.83. The second-order valence-electron chi connectivity index (χ2n) is 7.39. The topological polar surface area (TPSA) is 90.8 Å². The van der Waals surface area contributed by atoms with E-state index in [9.17, 15) is 22.9 Å². The number of aromatic amines is 1. The zero-order valence-electron chi connectivity index (χ0n) is 17.3. The summed E-state index contributed by atoms with van der Waals surface area (Å²) in [4.78, 5) is 15.5. The van der Waals surface area contributed by atoms with Gasteiger partial charge in [-0.2, -0.15) is 5.26 Å². The van der Waals surface area contributed by atoms with Crippen molar-refractivity contribution in [2.75, 3.05) is 6.26 Å². The fraction of sp³-hybridized carbons (Fsp3) is 0.0400. The first-order valence-corrected chi connectivity index (χ1v) is 11.6. The zero-order valence-corrected chi connectivity index (χ0v) is 18.1. The molecular formula is C25H16F2N2O3S. The molecule has 0 amide bonds. The number of rotatable bonds is 4. The van der Waals surface area contributed by atoms with Crippen LogP contribution in [0.4, 0.5) is 8.78 Å². The van der Waals surface area contributed by atoms with Crippen LogP contribution < -0.4 is 5.43 Å². The maximum Gasteiger partial charge on any atom is 0.193 e. The van der Waals surface area contributed by atoms with Gasteiger partial charge in [0.1, 0.15) is 11.6 Å². The van der Waals surface area contributed by atoms with Crippen LogP contribution in [0.5, 0.6) is 0 Å². The van der Waals surface area contributed by atoms with Crippen LogP contribution in [0.15, 0.2) is 70.4 Å². The number of nitrogens with one attached hydrogen (secondary N) is 1. The molecule has 0 radical (unpaired) electrons. The van der Waals surface area contributed by atoms with Gasteiger partial charge in [0, 0.05) is 23.4 Å². The van der Waals surface area contributed by atoms with Gasteiger partial charge in [0.25, 0.3) is 0 Å². The van der Waals surface area contributed by atoms with Gasteiger partial charge in [0.05, 0.1) is 33.1 Å². The fourth-order valence-electron chi connectivity index (χ4n) is 3.53. The Morgan fingerprint density at radius 3 is 2.39 bits per heavy atom. The third kappa shape index (κ3) is 4.31. The van der Waals surface area contributed by atoms with E-state index in [2.05, 4.69) is 4.98 Å². The molecule has 0 spiro atoms. The van der Waals surface area contributed by atoms with Gasteiger partial charge in [-0.3, -0.25) is 4.79 Å². The van der Waals surface area contributed by atoms with Crippen molar-refractivity contribution in [3.63, 3.8) is 0 Å². The minimum absolute atomic E-state index is 0.0244. The first-order chi connectivity index (χ1) is 15.7. The first-order valence-electron chi connectivity index (χ1n) is 9.72. The molecule has 4 aromatic rings. The van der Waals surface area contributed by atoms with Crippen LogP contribution >= 0.6 is 0 Å². The smallest absolute Gasteiger partial charge is 0.193 e. The molecule has 0 saturated carbocycles. The van der Waals surface area contributed by atoms with Crippen molar-refractivity contribution in [1.29, 1.82) is 5.26 Å². The Morgan fingerprint density at radius 2 is 1.73 bits per heavy atom. The molecule has 0 bridgehead atoms. The Balaban J connectivity index is 1.93. The van der Waals surface area contributed by atoms with E-state index in [1.807, 2.05) is 12.1 Å². The average Bonchev–Trinajstić information content (AvgIpc) is 2.78. The summed E-state index contributed by atoms with van der Waals surface area (Å²) in [5.41, 5.74) is -0.282. The molecule has 0 fully saturated rings. The minimum Gasteiger partial charge on any atom is -0.354 e. The van der Waals surface area contributed by atoms with E-state index in [1.165, 1.54) is 30.4 Å². The summed E-state index contributed by atoms with van der Waals surface area (Å²) in [6.45, 7) is 0. The third-order valence-corrected chi connectivity index (χ3v) is 6.24. The lowest BCUT2D eigenvalue weighted by Gasteiger charge is -2.11. The Hall–Kier alpha value is -4.09. The predicted molar refractivity (Wildman–Crippen MR) is 123 cm³/mol. The van der Waals surface area contributed by atoms with E-state index < -0.39 is 26.9 Å². The van der Waals surface area contributed by atoms with Crippen LogP contribution in [0.1, 0.15) is 16.7 Å². The number of H-pyrrole nitrogens is 1. The number of fused-ring (bicyclic) bond motifs is 1. The van der Waals surface area contributed by atoms with E-state index >= 15 is 4.39 Å². The highest BCUT2D eigenvalue weighted by molar-refractivity contribution is 7.90. The number of hydrogen-bond acceptors (Lipinski definition) is 4. The largest absolute Gasteiger partial charge is 0.354 e. The second kappa shape index (κ2) is 8.45. The van der Waals surface area contributed by atoms with Crippen molar-refractivity contribution in [3.8, 4) is 17.3 Å². The van der Waals surface area contributed by atoms with Gasteiger partial charge in [-0.25, -0.2) is 17.2 Å². The van der Waals surface area contributed by atoms with Gasteiger partial charge in [0.15, 0.2) is 15.3 Å². The highest BCUT2D eigenvalue weighted by atomic mass is 32.2. The van der Waals surface area contributed by atoms with Crippen molar-refractivity contribution in [2.45, 2.75) is 4.90 Å². The van der Waals surface area contributed by atoms with Crippen LogP contribution in [0.2, 0.25) is 0 Å². The molecule has 0 aliphatic rings. The normalized spacial score (nSPS) is 11.7. The van der Waals surface area contributed by atoms with Gasteiger partial charge in [-0.1, -0.05) is 36.4 Å². The van der Waals surface area contributed by atoms with Gasteiger partial charge < -0.3 is 4.98 Å². The van der Waals surface area contributed by atoms with E-state index in [0.29, 0.717) is 0 Å². The Morgan fingerprint density at radius 1 is 1.00 bits per heavy atom. The number of pyridine rings is 1. The predicted octanol–water partition coefficient (Wildman–Crippen LogP) is 4.92. The zero-order chi connectivity index (χ0) is 23.8. The molecule has 4 rings (SSSR count). The van der Waals surface area contributed by atoms with E-state index in [1.54, 1.807) is 24.3 Å². The highest BCUT2D eigenvalue weighted by Crippen LogP contribution is 2.29. The molecule has 5 nitrogen and oxygen atoms in total. The first kappa shape index (κ1) is 22.1. The van der Waals surface area contributed by atoms with Gasteiger partial charge in [-0.05, 0) is 35.9 Å². The molecule has 1 heterocycles. The maximum absolute atomic E-state index is 15.2. The number of nitrogens with zero attached hydrogens (tertiary/aromatic N) is 1. The standard InChI is InChI=1S/C25H16F2N2O3S/c1-33(31,32)23-10-8-16(14-28)11-18(23)20-13-22(30)24-21(29-20)12-19(26)17(25(24)27)9-7-15-5-3-2-4-6-15/h2-13H,1H3,(H,29,30)/b9-7+. The van der Waals surface area contributed by atoms with E-state index in [0.717, 1.165) is 24.0 Å². The third-order valence-electron chi connectivity index (χ3n) is 5.09. The van der Waals surface area contributed by atoms with Crippen molar-refractivity contribution in [2.24, 2.45) is 0 Å². The molecule has 1 N–H and O–H groups in total. The molecule has 8 heteroatoms. The van der Waals surface area contributed by atoms with Crippen molar-refractivity contribution >= 4 is 32.9 Å². The van der Waals surface area contributed by atoms with Gasteiger partial charge in [0.2, 0.25) is 0 Å². The summed E-state index contributed by atoms with van der Waals surface area (Å²) < 4.78 is 54.4. The molecule has 0 unspecified atom stereocenters. The number of nitriles is 1. The molecule has 3 aromatic carbocycles. The highest BCUT2D eigenvalue weighted by Gasteiger charge is 2.20. The van der Waals surface area contributed by atoms with Crippen LogP contribution in [0.3, 0.4) is 0 Å². The number of benzene rings is 3. The minimum atomic E-state index is -3.72. The molecule has 0 saturated heterocycles. The Labute approximate surface area is 188 Å². The number of hydrogen-bond donors (Lipinski definition) is 1. The van der Waals surface area contributed by atoms with Crippen molar-refractivity contribution in [3.05, 3.63) is 99.2 Å². The molecule has 0 atom stereocenters.